The van der Waals surface area contributed by atoms with Gasteiger partial charge in [0.25, 0.3) is 5.91 Å². The lowest BCUT2D eigenvalue weighted by molar-refractivity contribution is -0.141. The number of H-pyrrole nitrogens is 2. The molecule has 2 aliphatic heterocycles. The molecular weight excluding hydrogens is 833 g/mol. The Morgan fingerprint density at radius 2 is 1.32 bits per heavy atom. The number of carbonyl (C=O) groups is 4. The Balaban J connectivity index is 0.901. The van der Waals surface area contributed by atoms with E-state index in [-0.39, 0.29) is 41.3 Å². The Bertz CT molecular complexity index is 2730. The fourth-order valence-electron chi connectivity index (χ4n) is 10.0. The Morgan fingerprint density at radius 1 is 0.727 bits per heavy atom. The van der Waals surface area contributed by atoms with Crippen molar-refractivity contribution in [2.75, 3.05) is 20.8 Å². The lowest BCUT2D eigenvalue weighted by Gasteiger charge is -2.42. The van der Waals surface area contributed by atoms with Crippen LogP contribution in [-0.4, -0.2) is 86.6 Å². The molecule has 342 valence electrons. The second-order valence-corrected chi connectivity index (χ2v) is 18.5. The molecule has 6 aromatic rings. The number of alkyl carbamates (subject to hydrolysis) is 2. The first kappa shape index (κ1) is 44.3. The van der Waals surface area contributed by atoms with Gasteiger partial charge in [0.05, 0.1) is 50.1 Å². The molecule has 4 heterocycles. The second-order valence-electron chi connectivity index (χ2n) is 18.5. The van der Waals surface area contributed by atoms with E-state index in [1.165, 1.54) is 14.2 Å². The smallest absolute Gasteiger partial charge is 0.407 e. The third kappa shape index (κ3) is 8.88. The third-order valence-electron chi connectivity index (χ3n) is 13.9. The molecule has 9 rings (SSSR count). The number of piperidine rings is 1. The average molecular weight is 891 g/mol. The zero-order chi connectivity index (χ0) is 46.1. The van der Waals surface area contributed by atoms with E-state index in [1.54, 1.807) is 0 Å². The number of methoxy groups -OCH3 is 2. The molecule has 4 amide bonds. The molecule has 2 saturated heterocycles. The lowest BCUT2D eigenvalue weighted by Crippen LogP contribution is -2.51. The van der Waals surface area contributed by atoms with Gasteiger partial charge in [0.1, 0.15) is 23.7 Å². The minimum Gasteiger partial charge on any atom is -0.453 e. The van der Waals surface area contributed by atoms with Gasteiger partial charge in [-0.25, -0.2) is 19.6 Å². The summed E-state index contributed by atoms with van der Waals surface area (Å²) in [5, 5.41) is 7.74. The molecule has 3 aliphatic rings. The van der Waals surface area contributed by atoms with Gasteiger partial charge < -0.3 is 39.9 Å². The van der Waals surface area contributed by atoms with Crippen LogP contribution >= 0.6 is 0 Å². The van der Waals surface area contributed by atoms with Crippen molar-refractivity contribution in [2.45, 2.75) is 95.9 Å². The first-order valence-electron chi connectivity index (χ1n) is 23.1. The molecule has 1 saturated carbocycles. The van der Waals surface area contributed by atoms with E-state index in [2.05, 4.69) is 88.2 Å². The molecule has 5 atom stereocenters. The van der Waals surface area contributed by atoms with Gasteiger partial charge in [-0.1, -0.05) is 99.6 Å². The summed E-state index contributed by atoms with van der Waals surface area (Å²) >= 11 is 0. The van der Waals surface area contributed by atoms with Crippen LogP contribution < -0.4 is 10.6 Å². The molecule has 0 radical (unpaired) electrons. The molecule has 1 aliphatic carbocycles. The molecule has 14 heteroatoms. The van der Waals surface area contributed by atoms with E-state index in [9.17, 15) is 19.2 Å². The highest BCUT2D eigenvalue weighted by Crippen LogP contribution is 2.58. The normalized spacial score (nSPS) is 19.7. The van der Waals surface area contributed by atoms with Gasteiger partial charge in [0, 0.05) is 18.2 Å². The van der Waals surface area contributed by atoms with Crippen molar-refractivity contribution < 1.29 is 28.7 Å². The van der Waals surface area contributed by atoms with Crippen molar-refractivity contribution in [3.05, 3.63) is 121 Å². The highest BCUT2D eigenvalue weighted by Gasteiger charge is 2.55. The van der Waals surface area contributed by atoms with Crippen LogP contribution in [0.1, 0.15) is 101 Å². The fourth-order valence-corrected chi connectivity index (χ4v) is 10.0. The highest BCUT2D eigenvalue weighted by molar-refractivity contribution is 5.91. The maximum absolute atomic E-state index is 14.5. The van der Waals surface area contributed by atoms with Crippen molar-refractivity contribution in [3.8, 4) is 33.6 Å². The number of carbonyl (C=O) groups excluding carboxylic acids is 4. The Hall–Kier alpha value is -6.96. The largest absolute Gasteiger partial charge is 0.453 e. The van der Waals surface area contributed by atoms with Gasteiger partial charge in [-0.05, 0) is 101 Å². The molecule has 2 aromatic heterocycles. The van der Waals surface area contributed by atoms with Gasteiger partial charge in [-0.15, -0.1) is 0 Å². The van der Waals surface area contributed by atoms with E-state index in [1.807, 2.05) is 66.4 Å². The number of benzene rings is 4. The SMILES string of the molecule is CC[C@H]1CCC[C@@H](c2ncc(-c3ccc(-c4ccc5cc(-c6cnc([C@@H]7CC8(CC8)CN7C(=O)[C@@H](NC(=O)OC)C(C)C)[nH]6)ccc5c4)cc3)[nH]2)N1C(=O)C(NC(=O)OC)c1ccccc1. The van der Waals surface area contributed by atoms with E-state index in [4.69, 9.17) is 19.4 Å². The molecular formula is C52H58N8O6. The number of nitrogens with zero attached hydrogens (tertiary/aromatic N) is 4. The summed E-state index contributed by atoms with van der Waals surface area (Å²) < 4.78 is 9.75. The van der Waals surface area contributed by atoms with Gasteiger partial charge in [-0.3, -0.25) is 9.59 Å². The summed E-state index contributed by atoms with van der Waals surface area (Å²) in [6.07, 6.45) is 8.77. The molecule has 4 N–H and O–H groups in total. The van der Waals surface area contributed by atoms with Crippen LogP contribution in [0.25, 0.3) is 44.4 Å². The Labute approximate surface area is 384 Å². The van der Waals surface area contributed by atoms with Crippen LogP contribution in [0.2, 0.25) is 0 Å². The van der Waals surface area contributed by atoms with Crippen molar-refractivity contribution >= 4 is 34.8 Å². The summed E-state index contributed by atoms with van der Waals surface area (Å²) in [6.45, 7) is 6.60. The summed E-state index contributed by atoms with van der Waals surface area (Å²) in [6, 6.07) is 28.4. The van der Waals surface area contributed by atoms with Crippen molar-refractivity contribution in [1.29, 1.82) is 0 Å². The standard InChI is InChI=1S/C52H58N8O6/c1-6-39-13-10-14-42(60(39)49(62)45(58-51(64)66-5)34-11-8-7-9-12-34)46-53-28-40(55-46)33-17-15-32(16-18-33)35-19-20-37-26-38(22-21-36(37)25-35)41-29-54-47(56-41)43-27-52(23-24-52)30-59(43)48(61)44(31(2)3)57-50(63)65-4/h7-9,11-12,15-22,25-26,28-29,31,39,42-45H,6,10,13-14,23-24,27,30H2,1-5H3,(H,53,55)(H,54,56)(H,57,63)(H,58,64)/t39-,42-,43-,44-,45?/m0/s1. The molecule has 0 bridgehead atoms. The van der Waals surface area contributed by atoms with E-state index in [0.717, 1.165) is 101 Å². The summed E-state index contributed by atoms with van der Waals surface area (Å²) in [7, 11) is 2.60. The molecule has 66 heavy (non-hydrogen) atoms. The number of amides is 4. The fraction of sp³-hybridized carbons (Fsp3) is 0.385. The minimum atomic E-state index is -0.900. The Kier molecular flexibility index (Phi) is 12.4. The second kappa shape index (κ2) is 18.5. The number of rotatable bonds is 12. The van der Waals surface area contributed by atoms with Crippen molar-refractivity contribution in [1.82, 2.24) is 40.4 Å². The van der Waals surface area contributed by atoms with Crippen LogP contribution in [0.15, 0.2) is 103 Å². The highest BCUT2D eigenvalue weighted by atomic mass is 16.5. The zero-order valence-corrected chi connectivity index (χ0v) is 38.2. The summed E-state index contributed by atoms with van der Waals surface area (Å²) in [4.78, 5) is 73.6. The van der Waals surface area contributed by atoms with E-state index >= 15 is 0 Å². The van der Waals surface area contributed by atoms with Crippen LogP contribution in [0.4, 0.5) is 9.59 Å². The lowest BCUT2D eigenvalue weighted by atomic mass is 9.91. The Morgan fingerprint density at radius 3 is 1.95 bits per heavy atom. The summed E-state index contributed by atoms with van der Waals surface area (Å²) in [5.74, 6) is 1.07. The zero-order valence-electron chi connectivity index (χ0n) is 38.2. The minimum absolute atomic E-state index is 0.00836. The van der Waals surface area contributed by atoms with Crippen molar-refractivity contribution in [2.24, 2.45) is 11.3 Å². The number of hydrogen-bond donors (Lipinski definition) is 4. The molecule has 1 spiro atoms. The number of aromatic nitrogens is 4. The van der Waals surface area contributed by atoms with Crippen LogP contribution in [-0.2, 0) is 19.1 Å². The predicted molar refractivity (Wildman–Crippen MR) is 252 cm³/mol. The number of likely N-dealkylation sites (tertiary alicyclic amines) is 2. The van der Waals surface area contributed by atoms with E-state index < -0.39 is 24.3 Å². The number of imidazole rings is 2. The number of hydrogen-bond acceptors (Lipinski definition) is 8. The van der Waals surface area contributed by atoms with Gasteiger partial charge in [0.2, 0.25) is 5.91 Å². The average Bonchev–Trinajstić information content (AvgIpc) is 3.67. The monoisotopic (exact) mass is 890 g/mol. The first-order valence-corrected chi connectivity index (χ1v) is 23.1. The van der Waals surface area contributed by atoms with Gasteiger partial charge >= 0.3 is 12.2 Å². The number of ether oxygens (including phenoxy) is 2. The third-order valence-corrected chi connectivity index (χ3v) is 13.9. The quantitative estimate of drug-likeness (QED) is 0.0940. The number of fused-ring (bicyclic) bond motifs is 1. The molecule has 4 aromatic carbocycles. The maximum atomic E-state index is 14.5. The van der Waals surface area contributed by atoms with E-state index in [0.29, 0.717) is 12.1 Å². The van der Waals surface area contributed by atoms with Crippen LogP contribution in [0.5, 0.6) is 0 Å². The topological polar surface area (TPSA) is 175 Å². The number of aromatic amines is 2. The van der Waals surface area contributed by atoms with Crippen LogP contribution in [0.3, 0.4) is 0 Å². The first-order chi connectivity index (χ1) is 32.0. The molecule has 3 fully saturated rings. The van der Waals surface area contributed by atoms with Crippen LogP contribution in [0, 0.1) is 11.3 Å². The molecule has 14 nitrogen and oxygen atoms in total. The van der Waals surface area contributed by atoms with Gasteiger partial charge in [-0.2, -0.15) is 0 Å². The van der Waals surface area contributed by atoms with Gasteiger partial charge in [0.15, 0.2) is 0 Å². The number of nitrogens with one attached hydrogen (secondary N) is 4. The predicted octanol–water partition coefficient (Wildman–Crippen LogP) is 9.65. The maximum Gasteiger partial charge on any atom is 0.407 e. The molecule has 1 unspecified atom stereocenters. The summed E-state index contributed by atoms with van der Waals surface area (Å²) in [5.41, 5.74) is 6.69. The van der Waals surface area contributed by atoms with Crippen molar-refractivity contribution in [3.63, 3.8) is 0 Å².